The largest absolute Gasteiger partial charge is 0.477 e. The number of carbonyl (C=O) groups is 1. The predicted octanol–water partition coefficient (Wildman–Crippen LogP) is 3.99. The number of benzene rings is 2. The maximum atomic E-state index is 13.1. The fraction of sp³-hybridized carbons (Fsp3) is 0. The van der Waals surface area contributed by atoms with Crippen LogP contribution in [0, 0.1) is 15.9 Å². The third-order valence-electron chi connectivity index (χ3n) is 2.52. The molecule has 0 heterocycles. The normalized spacial score (nSPS) is 10.2. The van der Waals surface area contributed by atoms with Gasteiger partial charge in [-0.15, -0.1) is 0 Å². The van der Waals surface area contributed by atoms with Gasteiger partial charge in [0, 0.05) is 6.07 Å². The molecule has 8 heteroatoms. The molecular weight excluding hydrogens is 349 g/mol. The summed E-state index contributed by atoms with van der Waals surface area (Å²) in [6, 6.07) is 7.02. The van der Waals surface area contributed by atoms with E-state index >= 15 is 0 Å². The average molecular weight is 356 g/mol. The third kappa shape index (κ3) is 3.34. The first-order valence-corrected chi connectivity index (χ1v) is 6.32. The van der Waals surface area contributed by atoms with Crippen LogP contribution in [0.15, 0.2) is 40.9 Å². The summed E-state index contributed by atoms with van der Waals surface area (Å²) in [5.41, 5.74) is -1.06. The zero-order valence-electron chi connectivity index (χ0n) is 10.2. The first-order chi connectivity index (χ1) is 9.88. The fourth-order valence-electron chi connectivity index (χ4n) is 1.59. The lowest BCUT2D eigenvalue weighted by Crippen LogP contribution is -2.02. The Labute approximate surface area is 126 Å². The van der Waals surface area contributed by atoms with E-state index in [2.05, 4.69) is 15.9 Å². The second kappa shape index (κ2) is 5.88. The Morgan fingerprint density at radius 2 is 2.00 bits per heavy atom. The van der Waals surface area contributed by atoms with Crippen LogP contribution in [0.2, 0.25) is 0 Å². The topological polar surface area (TPSA) is 89.7 Å². The number of hydrogen-bond donors (Lipinski definition) is 1. The van der Waals surface area contributed by atoms with Crippen LogP contribution in [0.5, 0.6) is 11.5 Å². The van der Waals surface area contributed by atoms with Crippen molar-refractivity contribution in [3.63, 3.8) is 0 Å². The molecular formula is C13H7BrFNO5. The van der Waals surface area contributed by atoms with Crippen molar-refractivity contribution < 1.29 is 24.0 Å². The highest BCUT2D eigenvalue weighted by molar-refractivity contribution is 9.10. The van der Waals surface area contributed by atoms with Gasteiger partial charge in [-0.05, 0) is 40.2 Å². The van der Waals surface area contributed by atoms with Gasteiger partial charge in [-0.25, -0.2) is 9.18 Å². The lowest BCUT2D eigenvalue weighted by Gasteiger charge is -2.08. The average Bonchev–Trinajstić information content (AvgIpc) is 2.42. The van der Waals surface area contributed by atoms with Crippen LogP contribution in [-0.4, -0.2) is 16.0 Å². The fourth-order valence-corrected chi connectivity index (χ4v) is 1.92. The smallest absolute Gasteiger partial charge is 0.342 e. The first kappa shape index (κ1) is 14.9. The molecule has 21 heavy (non-hydrogen) atoms. The number of rotatable bonds is 4. The number of ether oxygens (including phenoxy) is 1. The van der Waals surface area contributed by atoms with E-state index in [9.17, 15) is 19.3 Å². The van der Waals surface area contributed by atoms with Crippen molar-refractivity contribution in [2.45, 2.75) is 0 Å². The highest BCUT2D eigenvalue weighted by Gasteiger charge is 2.21. The molecule has 2 aromatic carbocycles. The van der Waals surface area contributed by atoms with E-state index in [1.807, 2.05) is 0 Å². The van der Waals surface area contributed by atoms with Crippen molar-refractivity contribution in [3.8, 4) is 11.5 Å². The Balaban J connectivity index is 2.41. The van der Waals surface area contributed by atoms with Crippen molar-refractivity contribution >= 4 is 27.6 Å². The molecule has 2 rings (SSSR count). The number of nitrogens with zero attached hydrogens (tertiary/aromatic N) is 1. The highest BCUT2D eigenvalue weighted by atomic mass is 79.9. The molecule has 0 saturated carbocycles. The zero-order chi connectivity index (χ0) is 15.6. The SMILES string of the molecule is O=C(O)c1ccc(Oc2cc(F)ccc2Br)cc1[N+](=O)[O-]. The van der Waals surface area contributed by atoms with Gasteiger partial charge in [-0.1, -0.05) is 0 Å². The Morgan fingerprint density at radius 3 is 2.62 bits per heavy atom. The molecule has 0 aliphatic rings. The number of aromatic carboxylic acids is 1. The van der Waals surface area contributed by atoms with Gasteiger partial charge in [0.1, 0.15) is 22.9 Å². The summed E-state index contributed by atoms with van der Waals surface area (Å²) in [5.74, 6) is -1.81. The third-order valence-corrected chi connectivity index (χ3v) is 3.17. The second-order valence-electron chi connectivity index (χ2n) is 3.92. The Morgan fingerprint density at radius 1 is 1.29 bits per heavy atom. The van der Waals surface area contributed by atoms with Crippen molar-refractivity contribution in [2.24, 2.45) is 0 Å². The summed E-state index contributed by atoms with van der Waals surface area (Å²) in [6.07, 6.45) is 0. The molecule has 0 bridgehead atoms. The molecule has 0 radical (unpaired) electrons. The Hall–Kier alpha value is -2.48. The molecule has 2 aromatic rings. The van der Waals surface area contributed by atoms with Crippen LogP contribution >= 0.6 is 15.9 Å². The van der Waals surface area contributed by atoms with Gasteiger partial charge < -0.3 is 9.84 Å². The van der Waals surface area contributed by atoms with Gasteiger partial charge in [0.25, 0.3) is 5.69 Å². The minimum atomic E-state index is -1.42. The van der Waals surface area contributed by atoms with E-state index < -0.39 is 28.0 Å². The number of hydrogen-bond acceptors (Lipinski definition) is 4. The number of nitro benzene ring substituents is 1. The Bertz CT molecular complexity index is 734. The summed E-state index contributed by atoms with van der Waals surface area (Å²) in [6.45, 7) is 0. The number of carboxylic acid groups (broad SMARTS) is 1. The van der Waals surface area contributed by atoms with Crippen molar-refractivity contribution in [2.75, 3.05) is 0 Å². The summed E-state index contributed by atoms with van der Waals surface area (Å²) < 4.78 is 18.9. The predicted molar refractivity (Wildman–Crippen MR) is 74.2 cm³/mol. The van der Waals surface area contributed by atoms with Crippen LogP contribution < -0.4 is 4.74 Å². The molecule has 0 amide bonds. The van der Waals surface area contributed by atoms with Crippen LogP contribution in [-0.2, 0) is 0 Å². The maximum Gasteiger partial charge on any atom is 0.342 e. The molecule has 0 aromatic heterocycles. The van der Waals surface area contributed by atoms with E-state index in [-0.39, 0.29) is 11.5 Å². The molecule has 1 N–H and O–H groups in total. The van der Waals surface area contributed by atoms with Crippen molar-refractivity contribution in [3.05, 3.63) is 62.4 Å². The molecule has 0 atom stereocenters. The van der Waals surface area contributed by atoms with E-state index in [4.69, 9.17) is 9.84 Å². The number of carboxylic acids is 1. The zero-order valence-corrected chi connectivity index (χ0v) is 11.8. The number of halogens is 2. The minimum absolute atomic E-state index is 0.0259. The molecule has 108 valence electrons. The van der Waals surface area contributed by atoms with Crippen LogP contribution in [0.1, 0.15) is 10.4 Å². The molecule has 0 unspecified atom stereocenters. The standard InChI is InChI=1S/C13H7BrFNO5/c14-10-4-1-7(15)5-12(10)21-8-2-3-9(13(17)18)11(6-8)16(19)20/h1-6H,(H,17,18). The summed E-state index contributed by atoms with van der Waals surface area (Å²) in [5, 5.41) is 19.7. The Kier molecular flexibility index (Phi) is 4.18. The lowest BCUT2D eigenvalue weighted by atomic mass is 10.1. The van der Waals surface area contributed by atoms with Gasteiger partial charge in [0.2, 0.25) is 0 Å². The number of nitro groups is 1. The van der Waals surface area contributed by atoms with Gasteiger partial charge in [0.15, 0.2) is 0 Å². The summed E-state index contributed by atoms with van der Waals surface area (Å²) in [7, 11) is 0. The van der Waals surface area contributed by atoms with Crippen molar-refractivity contribution in [1.82, 2.24) is 0 Å². The van der Waals surface area contributed by atoms with E-state index in [0.29, 0.717) is 4.47 Å². The van der Waals surface area contributed by atoms with Gasteiger partial charge in [0.05, 0.1) is 15.5 Å². The van der Waals surface area contributed by atoms with E-state index in [1.54, 1.807) is 0 Å². The summed E-state index contributed by atoms with van der Waals surface area (Å²) >= 11 is 3.15. The van der Waals surface area contributed by atoms with Gasteiger partial charge >= 0.3 is 5.97 Å². The molecule has 0 aliphatic heterocycles. The first-order valence-electron chi connectivity index (χ1n) is 5.53. The second-order valence-corrected chi connectivity index (χ2v) is 4.77. The molecule has 0 spiro atoms. The van der Waals surface area contributed by atoms with Crippen molar-refractivity contribution in [1.29, 1.82) is 0 Å². The van der Waals surface area contributed by atoms with Gasteiger partial charge in [-0.3, -0.25) is 10.1 Å². The molecule has 0 aliphatic carbocycles. The van der Waals surface area contributed by atoms with E-state index in [0.717, 1.165) is 18.2 Å². The summed E-state index contributed by atoms with van der Waals surface area (Å²) in [4.78, 5) is 20.9. The van der Waals surface area contributed by atoms with E-state index in [1.165, 1.54) is 18.2 Å². The molecule has 0 fully saturated rings. The van der Waals surface area contributed by atoms with Crippen LogP contribution in [0.4, 0.5) is 10.1 Å². The van der Waals surface area contributed by atoms with Crippen LogP contribution in [0.3, 0.4) is 0 Å². The minimum Gasteiger partial charge on any atom is -0.477 e. The molecule has 0 saturated heterocycles. The monoisotopic (exact) mass is 355 g/mol. The van der Waals surface area contributed by atoms with Gasteiger partial charge in [-0.2, -0.15) is 0 Å². The lowest BCUT2D eigenvalue weighted by molar-refractivity contribution is -0.385. The molecule has 6 nitrogen and oxygen atoms in total. The highest BCUT2D eigenvalue weighted by Crippen LogP contribution is 2.33. The van der Waals surface area contributed by atoms with Crippen LogP contribution in [0.25, 0.3) is 0 Å². The quantitative estimate of drug-likeness (QED) is 0.661. The maximum absolute atomic E-state index is 13.1.